The van der Waals surface area contributed by atoms with E-state index in [0.29, 0.717) is 5.56 Å². The Labute approximate surface area is 147 Å². The number of aliphatic hydroxyl groups is 1. The standard InChI is InChI=1S/C18H31O4PSi/c1-7-21-23(20,22-8-2)17(13-14-24(4,5)6)18(19)16-11-9-15(3)10-12-16/h9-14,17-19H,7-8H2,1-6H3/b14-13+/t17-,18-/m0/s1. The zero-order valence-electron chi connectivity index (χ0n) is 15.7. The molecule has 0 amide bonds. The maximum Gasteiger partial charge on any atom is 0.340 e. The normalized spacial score (nSPS) is 15.6. The van der Waals surface area contributed by atoms with Gasteiger partial charge in [0, 0.05) is 0 Å². The van der Waals surface area contributed by atoms with Gasteiger partial charge in [-0.2, -0.15) is 0 Å². The van der Waals surface area contributed by atoms with Gasteiger partial charge in [-0.25, -0.2) is 0 Å². The van der Waals surface area contributed by atoms with Gasteiger partial charge in [0.05, 0.1) is 27.4 Å². The van der Waals surface area contributed by atoms with Crippen LogP contribution in [0.3, 0.4) is 0 Å². The lowest BCUT2D eigenvalue weighted by molar-refractivity contribution is 0.152. The zero-order valence-corrected chi connectivity index (χ0v) is 17.5. The van der Waals surface area contributed by atoms with Crippen LogP contribution >= 0.6 is 7.60 Å². The highest BCUT2D eigenvalue weighted by Crippen LogP contribution is 2.57. The molecule has 0 bridgehead atoms. The maximum atomic E-state index is 13.3. The predicted octanol–water partition coefficient (Wildman–Crippen LogP) is 5.10. The summed E-state index contributed by atoms with van der Waals surface area (Å²) in [4.78, 5) is 0. The first-order valence-corrected chi connectivity index (χ1v) is 13.6. The summed E-state index contributed by atoms with van der Waals surface area (Å²) >= 11 is 0. The molecule has 0 heterocycles. The summed E-state index contributed by atoms with van der Waals surface area (Å²) in [7, 11) is -4.99. The van der Waals surface area contributed by atoms with Gasteiger partial charge in [-0.15, -0.1) is 0 Å². The van der Waals surface area contributed by atoms with Gasteiger partial charge in [0.2, 0.25) is 0 Å². The molecular weight excluding hydrogens is 339 g/mol. The Morgan fingerprint density at radius 2 is 1.62 bits per heavy atom. The SMILES string of the molecule is CCOP(=O)(OCC)[C@@H](/C=C/[Si](C)(C)C)[C@@H](O)c1ccc(C)cc1. The molecule has 6 heteroatoms. The smallest absolute Gasteiger partial charge is 0.340 e. The summed E-state index contributed by atoms with van der Waals surface area (Å²) < 4.78 is 24.3. The van der Waals surface area contributed by atoms with Crippen LogP contribution in [0.4, 0.5) is 0 Å². The minimum absolute atomic E-state index is 0.273. The van der Waals surface area contributed by atoms with Crippen LogP contribution in [0, 0.1) is 6.92 Å². The molecule has 0 fully saturated rings. The van der Waals surface area contributed by atoms with Crippen LogP contribution in [-0.4, -0.2) is 32.1 Å². The topological polar surface area (TPSA) is 55.8 Å². The van der Waals surface area contributed by atoms with E-state index < -0.39 is 27.4 Å². The van der Waals surface area contributed by atoms with E-state index in [-0.39, 0.29) is 13.2 Å². The lowest BCUT2D eigenvalue weighted by atomic mass is 10.0. The number of rotatable bonds is 9. The molecule has 0 radical (unpaired) electrons. The molecule has 0 aliphatic rings. The number of benzene rings is 1. The summed E-state index contributed by atoms with van der Waals surface area (Å²) in [5.74, 6) is 0. The lowest BCUT2D eigenvalue weighted by Gasteiger charge is -2.28. The molecule has 0 aliphatic carbocycles. The summed E-state index contributed by atoms with van der Waals surface area (Å²) in [5.41, 5.74) is 3.19. The van der Waals surface area contributed by atoms with E-state index in [1.54, 1.807) is 13.8 Å². The van der Waals surface area contributed by atoms with Crippen molar-refractivity contribution in [2.24, 2.45) is 0 Å². The Morgan fingerprint density at radius 3 is 2.04 bits per heavy atom. The molecule has 0 spiro atoms. The van der Waals surface area contributed by atoms with E-state index in [9.17, 15) is 9.67 Å². The Hall–Kier alpha value is -0.713. The second-order valence-electron chi connectivity index (χ2n) is 6.95. The van der Waals surface area contributed by atoms with E-state index in [2.05, 4.69) is 25.3 Å². The van der Waals surface area contributed by atoms with E-state index in [1.807, 2.05) is 37.3 Å². The van der Waals surface area contributed by atoms with Gasteiger partial charge in [-0.05, 0) is 26.3 Å². The number of hydrogen-bond acceptors (Lipinski definition) is 4. The minimum atomic E-state index is -3.46. The first-order chi connectivity index (χ1) is 11.1. The van der Waals surface area contributed by atoms with Gasteiger partial charge in [-0.3, -0.25) is 4.57 Å². The molecule has 2 atom stereocenters. The van der Waals surface area contributed by atoms with Gasteiger partial charge >= 0.3 is 7.60 Å². The van der Waals surface area contributed by atoms with Gasteiger partial charge < -0.3 is 14.2 Å². The Morgan fingerprint density at radius 1 is 1.12 bits per heavy atom. The van der Waals surface area contributed by atoms with Crippen molar-refractivity contribution in [3.05, 3.63) is 47.2 Å². The number of hydrogen-bond donors (Lipinski definition) is 1. The fourth-order valence-corrected chi connectivity index (χ4v) is 5.20. The fourth-order valence-electron chi connectivity index (χ4n) is 2.30. The summed E-state index contributed by atoms with van der Waals surface area (Å²) in [6.45, 7) is 12.7. The molecule has 0 saturated carbocycles. The molecule has 0 unspecified atom stereocenters. The predicted molar refractivity (Wildman–Crippen MR) is 103 cm³/mol. The Bertz CT molecular complexity index is 568. The average molecular weight is 371 g/mol. The number of aryl methyl sites for hydroxylation is 1. The summed E-state index contributed by atoms with van der Waals surface area (Å²) in [5, 5.41) is 10.9. The fraction of sp³-hybridized carbons (Fsp3) is 0.556. The average Bonchev–Trinajstić information content (AvgIpc) is 2.47. The Balaban J connectivity index is 3.28. The van der Waals surface area contributed by atoms with Crippen LogP contribution in [0.25, 0.3) is 0 Å². The molecule has 0 aliphatic heterocycles. The molecule has 1 aromatic rings. The molecule has 1 rings (SSSR count). The highest BCUT2D eigenvalue weighted by molar-refractivity contribution is 7.55. The van der Waals surface area contributed by atoms with Crippen molar-refractivity contribution in [3.63, 3.8) is 0 Å². The number of aliphatic hydroxyl groups excluding tert-OH is 1. The van der Waals surface area contributed by atoms with E-state index in [0.717, 1.165) is 5.56 Å². The Kier molecular flexibility index (Phi) is 8.10. The van der Waals surface area contributed by atoms with Crippen LogP contribution in [0.5, 0.6) is 0 Å². The molecule has 136 valence electrons. The minimum Gasteiger partial charge on any atom is -0.387 e. The van der Waals surface area contributed by atoms with Gasteiger partial charge in [0.15, 0.2) is 0 Å². The molecular formula is C18H31O4PSi. The van der Waals surface area contributed by atoms with Crippen molar-refractivity contribution in [3.8, 4) is 0 Å². The first-order valence-electron chi connectivity index (χ1n) is 8.45. The van der Waals surface area contributed by atoms with Crippen LogP contribution in [0.1, 0.15) is 31.1 Å². The van der Waals surface area contributed by atoms with Gasteiger partial charge in [0.1, 0.15) is 5.66 Å². The third-order valence-electron chi connectivity index (χ3n) is 3.52. The zero-order chi connectivity index (χ0) is 18.4. The van der Waals surface area contributed by atoms with Crippen molar-refractivity contribution in [1.29, 1.82) is 0 Å². The van der Waals surface area contributed by atoms with Crippen molar-refractivity contribution in [2.75, 3.05) is 13.2 Å². The second kappa shape index (κ2) is 9.11. The maximum absolute atomic E-state index is 13.3. The van der Waals surface area contributed by atoms with Crippen molar-refractivity contribution >= 4 is 15.7 Å². The highest BCUT2D eigenvalue weighted by Gasteiger charge is 2.39. The van der Waals surface area contributed by atoms with Crippen LogP contribution in [0.2, 0.25) is 19.6 Å². The van der Waals surface area contributed by atoms with E-state index in [4.69, 9.17) is 9.05 Å². The monoisotopic (exact) mass is 370 g/mol. The largest absolute Gasteiger partial charge is 0.387 e. The van der Waals surface area contributed by atoms with E-state index in [1.165, 1.54) is 0 Å². The molecule has 24 heavy (non-hydrogen) atoms. The van der Waals surface area contributed by atoms with Crippen LogP contribution in [0.15, 0.2) is 36.0 Å². The molecule has 0 aromatic heterocycles. The summed E-state index contributed by atoms with van der Waals surface area (Å²) in [6, 6.07) is 7.59. The van der Waals surface area contributed by atoms with Crippen molar-refractivity contribution in [2.45, 2.75) is 52.2 Å². The van der Waals surface area contributed by atoms with E-state index >= 15 is 0 Å². The second-order valence-corrected chi connectivity index (χ2v) is 14.2. The van der Waals surface area contributed by atoms with Crippen molar-refractivity contribution in [1.82, 2.24) is 0 Å². The van der Waals surface area contributed by atoms with Crippen molar-refractivity contribution < 1.29 is 18.7 Å². The third kappa shape index (κ3) is 6.30. The van der Waals surface area contributed by atoms with Gasteiger partial charge in [-0.1, -0.05) is 61.2 Å². The molecule has 4 nitrogen and oxygen atoms in total. The molecule has 1 aromatic carbocycles. The first kappa shape index (κ1) is 21.3. The van der Waals surface area contributed by atoms with Crippen LogP contribution < -0.4 is 0 Å². The third-order valence-corrected chi connectivity index (χ3v) is 7.13. The lowest BCUT2D eigenvalue weighted by Crippen LogP contribution is -2.23. The molecule has 1 N–H and O–H groups in total. The quantitative estimate of drug-likeness (QED) is 0.485. The van der Waals surface area contributed by atoms with Crippen LogP contribution in [-0.2, 0) is 13.6 Å². The summed E-state index contributed by atoms with van der Waals surface area (Å²) in [6.07, 6.45) is 0.894. The highest BCUT2D eigenvalue weighted by atomic mass is 31.2. The molecule has 0 saturated heterocycles. The van der Waals surface area contributed by atoms with Gasteiger partial charge in [0.25, 0.3) is 0 Å².